The molecule has 1 fully saturated rings. The lowest BCUT2D eigenvalue weighted by Crippen LogP contribution is -2.48. The molecule has 178 valence electrons. The van der Waals surface area contributed by atoms with Crippen molar-refractivity contribution in [2.45, 2.75) is 37.0 Å². The van der Waals surface area contributed by atoms with Crippen molar-refractivity contribution >= 4 is 44.9 Å². The number of aliphatic hydroxyl groups is 2. The third-order valence-electron chi connectivity index (χ3n) is 4.62. The molecule has 0 saturated carbocycles. The number of thioether (sulfide) groups is 1. The first-order chi connectivity index (χ1) is 15.1. The van der Waals surface area contributed by atoms with Gasteiger partial charge in [-0.05, 0) is 18.4 Å². The molecule has 2 aromatic heterocycles. The predicted molar refractivity (Wildman–Crippen MR) is 113 cm³/mol. The topological polar surface area (TPSA) is 230 Å². The van der Waals surface area contributed by atoms with Crippen LogP contribution in [0.15, 0.2) is 12.7 Å². The van der Waals surface area contributed by atoms with E-state index in [1.165, 1.54) is 29.0 Å². The van der Waals surface area contributed by atoms with E-state index in [2.05, 4.69) is 15.0 Å². The van der Waals surface area contributed by atoms with E-state index in [1.54, 1.807) is 9.61 Å². The zero-order valence-electron chi connectivity index (χ0n) is 16.9. The number of anilines is 1. The van der Waals surface area contributed by atoms with Crippen LogP contribution < -0.4 is 21.1 Å². The zero-order valence-corrected chi connectivity index (χ0v) is 18.5. The summed E-state index contributed by atoms with van der Waals surface area (Å²) >= 11 is 1.47. The number of nitrogen functional groups attached to an aromatic ring is 1. The fourth-order valence-corrected chi connectivity index (χ4v) is 4.12. The van der Waals surface area contributed by atoms with Gasteiger partial charge in [-0.1, -0.05) is 4.89 Å². The van der Waals surface area contributed by atoms with Crippen LogP contribution in [0.3, 0.4) is 0 Å². The van der Waals surface area contributed by atoms with Gasteiger partial charge in [-0.15, -0.1) is 0 Å². The lowest BCUT2D eigenvalue weighted by atomic mass is 10.1. The first-order valence-corrected chi connectivity index (χ1v) is 12.2. The number of rotatable bonds is 10. The molecule has 1 amide bonds. The van der Waals surface area contributed by atoms with Crippen LogP contribution in [0.2, 0.25) is 0 Å². The number of nitrogens with one attached hydrogen (secondary N) is 2. The highest BCUT2D eigenvalue weighted by atomic mass is 32.2. The molecular weight excluding hydrogens is 468 g/mol. The first-order valence-electron chi connectivity index (χ1n) is 9.29. The Morgan fingerprint density at radius 2 is 2.12 bits per heavy atom. The molecule has 2 aromatic rings. The fraction of sp³-hybridized carbons (Fsp3) is 0.600. The summed E-state index contributed by atoms with van der Waals surface area (Å²) in [5.41, 5.74) is 11.9. The number of nitrogens with zero attached hydrogens (tertiary/aromatic N) is 4. The second kappa shape index (κ2) is 10.2. The Morgan fingerprint density at radius 1 is 1.38 bits per heavy atom. The lowest BCUT2D eigenvalue weighted by Gasteiger charge is -2.16. The van der Waals surface area contributed by atoms with Crippen LogP contribution in [0, 0.1) is 0 Å². The predicted octanol–water partition coefficient (Wildman–Crippen LogP) is -3.01. The standard InChI is InChI=1S/C15H24N8O7S2/c1-31-3-2-7(16)14(26)21-32(27,28)22-29-4-8-10(24)11(25)15(30-8)23-6-20-9-12(17)18-5-19-13(9)23/h5-8,10-11,15,22,24-25H,2-4,16H2,1H3,(H,21,26)(H2,17,18,19)/t7-,8+,10+,11+,15+/m0/s1. The summed E-state index contributed by atoms with van der Waals surface area (Å²) < 4.78 is 32.6. The number of imidazole rings is 1. The Morgan fingerprint density at radius 3 is 2.84 bits per heavy atom. The normalized spacial score (nSPS) is 24.6. The first kappa shape index (κ1) is 24.5. The molecule has 1 aliphatic rings. The highest BCUT2D eigenvalue weighted by Crippen LogP contribution is 2.31. The van der Waals surface area contributed by atoms with E-state index in [-0.39, 0.29) is 17.0 Å². The van der Waals surface area contributed by atoms with Crippen LogP contribution in [0.4, 0.5) is 5.82 Å². The summed E-state index contributed by atoms with van der Waals surface area (Å²) in [4.78, 5) is 30.3. The monoisotopic (exact) mass is 492 g/mol. The minimum Gasteiger partial charge on any atom is -0.387 e. The molecule has 15 nitrogen and oxygen atoms in total. The maximum atomic E-state index is 11.9. The number of aromatic nitrogens is 4. The molecule has 5 atom stereocenters. The van der Waals surface area contributed by atoms with Gasteiger partial charge >= 0.3 is 10.2 Å². The molecule has 3 heterocycles. The molecule has 0 unspecified atom stereocenters. The van der Waals surface area contributed by atoms with E-state index in [1.807, 2.05) is 6.26 Å². The zero-order chi connectivity index (χ0) is 23.5. The second-order valence-corrected chi connectivity index (χ2v) is 9.24. The van der Waals surface area contributed by atoms with Gasteiger partial charge in [0.2, 0.25) is 0 Å². The second-order valence-electron chi connectivity index (χ2n) is 6.88. The van der Waals surface area contributed by atoms with Crippen LogP contribution in [0.5, 0.6) is 0 Å². The third kappa shape index (κ3) is 5.44. The van der Waals surface area contributed by atoms with E-state index in [9.17, 15) is 23.4 Å². The van der Waals surface area contributed by atoms with Crippen molar-refractivity contribution in [1.29, 1.82) is 0 Å². The van der Waals surface area contributed by atoms with Crippen molar-refractivity contribution < 1.29 is 33.0 Å². The molecule has 3 rings (SSSR count). The highest BCUT2D eigenvalue weighted by molar-refractivity contribution is 7.98. The van der Waals surface area contributed by atoms with Crippen LogP contribution in [-0.2, 0) is 24.6 Å². The summed E-state index contributed by atoms with van der Waals surface area (Å²) in [5, 5.41) is 20.6. The van der Waals surface area contributed by atoms with Gasteiger partial charge in [-0.25, -0.2) is 19.7 Å². The third-order valence-corrected chi connectivity index (χ3v) is 6.07. The van der Waals surface area contributed by atoms with Crippen molar-refractivity contribution in [1.82, 2.24) is 29.1 Å². The quantitative estimate of drug-likeness (QED) is 0.182. The number of carbonyl (C=O) groups is 1. The molecule has 0 spiro atoms. The van der Waals surface area contributed by atoms with Gasteiger partial charge in [-0.3, -0.25) is 14.2 Å². The summed E-state index contributed by atoms with van der Waals surface area (Å²) in [6.07, 6.45) is -0.376. The molecule has 0 radical (unpaired) electrons. The fourth-order valence-electron chi connectivity index (χ4n) is 2.95. The van der Waals surface area contributed by atoms with Crippen molar-refractivity contribution in [3.8, 4) is 0 Å². The van der Waals surface area contributed by atoms with Crippen molar-refractivity contribution in [2.24, 2.45) is 5.73 Å². The largest absolute Gasteiger partial charge is 0.387 e. The SMILES string of the molecule is CSCC[C@H](N)C(=O)NS(=O)(=O)NOC[C@H]1O[C@@H](n2cnc3c(N)ncnc32)[C@H](O)[C@@H]1O. The molecule has 17 heteroatoms. The molecule has 32 heavy (non-hydrogen) atoms. The van der Waals surface area contributed by atoms with E-state index in [4.69, 9.17) is 21.0 Å². The van der Waals surface area contributed by atoms with E-state index in [0.717, 1.165) is 0 Å². The summed E-state index contributed by atoms with van der Waals surface area (Å²) in [5.74, 6) is -0.175. The smallest absolute Gasteiger partial charge is 0.323 e. The Hall–Kier alpha value is -2.12. The van der Waals surface area contributed by atoms with Crippen LogP contribution >= 0.6 is 11.8 Å². The Labute approximate surface area is 187 Å². The summed E-state index contributed by atoms with van der Waals surface area (Å²) in [6, 6.07) is -1.00. The number of fused-ring (bicyclic) bond motifs is 1. The van der Waals surface area contributed by atoms with Crippen LogP contribution in [-0.4, -0.2) is 87.0 Å². The minimum absolute atomic E-state index is 0.131. The molecule has 0 aliphatic carbocycles. The summed E-state index contributed by atoms with van der Waals surface area (Å²) in [7, 11) is -4.37. The van der Waals surface area contributed by atoms with Crippen LogP contribution in [0.25, 0.3) is 11.2 Å². The minimum atomic E-state index is -4.37. The van der Waals surface area contributed by atoms with Crippen LogP contribution in [0.1, 0.15) is 12.6 Å². The van der Waals surface area contributed by atoms with Crippen molar-refractivity contribution in [3.05, 3.63) is 12.7 Å². The van der Waals surface area contributed by atoms with Gasteiger partial charge < -0.3 is 26.4 Å². The maximum Gasteiger partial charge on any atom is 0.323 e. The van der Waals surface area contributed by atoms with Gasteiger partial charge in [0.15, 0.2) is 17.7 Å². The number of hydrogen-bond donors (Lipinski definition) is 6. The number of amides is 1. The van der Waals surface area contributed by atoms with Crippen molar-refractivity contribution in [3.63, 3.8) is 0 Å². The molecule has 0 bridgehead atoms. The van der Waals surface area contributed by atoms with Crippen molar-refractivity contribution in [2.75, 3.05) is 24.3 Å². The maximum absolute atomic E-state index is 11.9. The number of hydrogen-bond acceptors (Lipinski definition) is 13. The van der Waals surface area contributed by atoms with Gasteiger partial charge in [0.1, 0.15) is 30.2 Å². The highest BCUT2D eigenvalue weighted by Gasteiger charge is 2.44. The Kier molecular flexibility index (Phi) is 7.83. The molecule has 0 aromatic carbocycles. The summed E-state index contributed by atoms with van der Waals surface area (Å²) in [6.45, 7) is -0.480. The number of ether oxygens (including phenoxy) is 1. The van der Waals surface area contributed by atoms with Gasteiger partial charge in [0.05, 0.1) is 19.0 Å². The average Bonchev–Trinajstić information content (AvgIpc) is 3.28. The lowest BCUT2D eigenvalue weighted by molar-refractivity contribution is -0.120. The molecular formula is C15H24N8O7S2. The van der Waals surface area contributed by atoms with Gasteiger partial charge in [-0.2, -0.15) is 20.2 Å². The molecule has 8 N–H and O–H groups in total. The van der Waals surface area contributed by atoms with Gasteiger partial charge in [0.25, 0.3) is 5.91 Å². The van der Waals surface area contributed by atoms with E-state index in [0.29, 0.717) is 12.2 Å². The number of nitrogens with two attached hydrogens (primary N) is 2. The Balaban J connectivity index is 1.57. The molecule has 1 saturated heterocycles. The average molecular weight is 493 g/mol. The van der Waals surface area contributed by atoms with E-state index < -0.39 is 53.3 Å². The van der Waals surface area contributed by atoms with Gasteiger partial charge in [0, 0.05) is 0 Å². The number of carbonyl (C=O) groups excluding carboxylic acids is 1. The number of aliphatic hydroxyl groups excluding tert-OH is 2. The molecule has 1 aliphatic heterocycles. The van der Waals surface area contributed by atoms with E-state index >= 15 is 0 Å². The Bertz CT molecular complexity index is 1050.